The van der Waals surface area contributed by atoms with Crippen molar-refractivity contribution >= 4 is 28.6 Å². The molecule has 30 heavy (non-hydrogen) atoms. The fourth-order valence-electron chi connectivity index (χ4n) is 2.95. The first-order chi connectivity index (χ1) is 14.2. The third-order valence-electron chi connectivity index (χ3n) is 4.58. The molecule has 0 aliphatic rings. The number of nitrogens with one attached hydrogen (secondary N) is 1. The molecular formula is C22H22F3N3OS. The van der Waals surface area contributed by atoms with Crippen LogP contribution in [-0.2, 0) is 17.4 Å². The first-order valence-electron chi connectivity index (χ1n) is 9.59. The maximum absolute atomic E-state index is 13.2. The van der Waals surface area contributed by atoms with Crippen LogP contribution >= 0.6 is 11.8 Å². The lowest BCUT2D eigenvalue weighted by Crippen LogP contribution is -2.37. The van der Waals surface area contributed by atoms with E-state index in [4.69, 9.17) is 0 Å². The third kappa shape index (κ3) is 5.72. The van der Waals surface area contributed by atoms with E-state index >= 15 is 0 Å². The number of carbonyl (C=O) groups is 1. The Bertz CT molecular complexity index is 1010. The lowest BCUT2D eigenvalue weighted by Gasteiger charge is -2.18. The second kappa shape index (κ2) is 9.47. The highest BCUT2D eigenvalue weighted by molar-refractivity contribution is 8.00. The fraction of sp³-hybridized carbons (Fsp3) is 0.318. The predicted octanol–water partition coefficient (Wildman–Crippen LogP) is 5.27. The summed E-state index contributed by atoms with van der Waals surface area (Å²) in [6, 6.07) is 16.4. The number of halogens is 3. The van der Waals surface area contributed by atoms with Gasteiger partial charge in [-0.2, -0.15) is 13.2 Å². The topological polar surface area (TPSA) is 54.9 Å². The van der Waals surface area contributed by atoms with Gasteiger partial charge in [0, 0.05) is 11.4 Å². The maximum atomic E-state index is 13.2. The first-order valence-corrected chi connectivity index (χ1v) is 10.5. The van der Waals surface area contributed by atoms with Crippen LogP contribution in [0.4, 0.5) is 13.2 Å². The number of aromatic nitrogens is 2. The minimum atomic E-state index is -4.66. The van der Waals surface area contributed by atoms with Gasteiger partial charge in [-0.3, -0.25) is 4.79 Å². The maximum Gasteiger partial charge on any atom is 0.451 e. The Morgan fingerprint density at radius 2 is 1.70 bits per heavy atom. The van der Waals surface area contributed by atoms with Gasteiger partial charge >= 0.3 is 6.18 Å². The van der Waals surface area contributed by atoms with Crippen LogP contribution in [0.15, 0.2) is 59.6 Å². The summed E-state index contributed by atoms with van der Waals surface area (Å²) in [5.74, 6) is -1.44. The summed E-state index contributed by atoms with van der Waals surface area (Å²) < 4.78 is 39.5. The Kier molecular flexibility index (Phi) is 6.97. The molecule has 1 aromatic heterocycles. The number of nitrogens with zero attached hydrogens (tertiary/aromatic N) is 2. The van der Waals surface area contributed by atoms with Crippen LogP contribution < -0.4 is 5.32 Å². The number of thioether (sulfide) groups is 1. The number of rotatable bonds is 7. The highest BCUT2D eigenvalue weighted by Gasteiger charge is 2.36. The molecule has 0 spiro atoms. The van der Waals surface area contributed by atoms with Crippen LogP contribution in [0, 0.1) is 0 Å². The second-order valence-electron chi connectivity index (χ2n) is 7.06. The molecule has 0 fully saturated rings. The van der Waals surface area contributed by atoms with Crippen molar-refractivity contribution in [2.24, 2.45) is 0 Å². The van der Waals surface area contributed by atoms with E-state index in [-0.39, 0.29) is 22.5 Å². The molecule has 3 rings (SSSR count). The number of benzene rings is 2. The molecule has 0 aliphatic heterocycles. The summed E-state index contributed by atoms with van der Waals surface area (Å²) in [5.41, 5.74) is 1.39. The van der Waals surface area contributed by atoms with Gasteiger partial charge in [-0.1, -0.05) is 60.3 Å². The van der Waals surface area contributed by atoms with Gasteiger partial charge in [-0.15, -0.1) is 0 Å². The van der Waals surface area contributed by atoms with Crippen molar-refractivity contribution in [3.05, 3.63) is 66.0 Å². The average Bonchev–Trinajstić information content (AvgIpc) is 2.72. The number of hydrogen-bond donors (Lipinski definition) is 1. The lowest BCUT2D eigenvalue weighted by atomic mass is 10.1. The van der Waals surface area contributed by atoms with E-state index in [1.165, 1.54) is 11.6 Å². The van der Waals surface area contributed by atoms with Gasteiger partial charge in [0.1, 0.15) is 5.03 Å². The zero-order chi connectivity index (χ0) is 21.7. The molecule has 3 aromatic rings. The van der Waals surface area contributed by atoms with Gasteiger partial charge in [0.25, 0.3) is 0 Å². The van der Waals surface area contributed by atoms with Crippen LogP contribution in [0.2, 0.25) is 0 Å². The number of carbonyl (C=O) groups excluding carboxylic acids is 1. The summed E-state index contributed by atoms with van der Waals surface area (Å²) in [5, 5.41) is 2.97. The van der Waals surface area contributed by atoms with E-state index in [1.54, 1.807) is 25.1 Å². The van der Waals surface area contributed by atoms with E-state index in [1.807, 2.05) is 37.3 Å². The summed E-state index contributed by atoms with van der Waals surface area (Å²) >= 11 is 1.00. The SMILES string of the molecule is C[C@H](CCc1ccccc1)NC(=O)[C@@H](C)Sc1nc(C(F)(F)F)nc2ccccc12. The molecule has 1 heterocycles. The predicted molar refractivity (Wildman–Crippen MR) is 112 cm³/mol. The Hall–Kier alpha value is -2.61. The summed E-state index contributed by atoms with van der Waals surface area (Å²) in [6.07, 6.45) is -3.06. The van der Waals surface area contributed by atoms with Gasteiger partial charge in [0.05, 0.1) is 10.8 Å². The minimum absolute atomic E-state index is 0.0614. The van der Waals surface area contributed by atoms with E-state index in [9.17, 15) is 18.0 Å². The number of fused-ring (bicyclic) bond motifs is 1. The molecule has 0 radical (unpaired) electrons. The van der Waals surface area contributed by atoms with Crippen LogP contribution in [0.3, 0.4) is 0 Å². The Labute approximate surface area is 177 Å². The molecule has 2 atom stereocenters. The average molecular weight is 433 g/mol. The number of alkyl halides is 3. The van der Waals surface area contributed by atoms with Crippen LogP contribution in [-0.4, -0.2) is 27.2 Å². The molecule has 1 amide bonds. The standard InChI is InChI=1S/C22H22F3N3OS/c1-14(12-13-16-8-4-3-5-9-16)26-19(29)15(2)30-20-17-10-6-7-11-18(17)27-21(28-20)22(23,24)25/h3-11,14-15H,12-13H2,1-2H3,(H,26,29)/t14-,15-/m1/s1. The molecule has 0 aliphatic carbocycles. The number of hydrogen-bond acceptors (Lipinski definition) is 4. The van der Waals surface area contributed by atoms with Crippen molar-refractivity contribution in [3.63, 3.8) is 0 Å². The first kappa shape index (κ1) is 22.1. The Morgan fingerprint density at radius 3 is 2.40 bits per heavy atom. The van der Waals surface area contributed by atoms with E-state index < -0.39 is 17.3 Å². The highest BCUT2D eigenvalue weighted by Crippen LogP contribution is 2.33. The molecular weight excluding hydrogens is 411 g/mol. The van der Waals surface area contributed by atoms with Gasteiger partial charge in [0.2, 0.25) is 11.7 Å². The summed E-state index contributed by atoms with van der Waals surface area (Å²) in [7, 11) is 0. The smallest absolute Gasteiger partial charge is 0.353 e. The van der Waals surface area contributed by atoms with Crippen LogP contribution in [0.25, 0.3) is 10.9 Å². The molecule has 8 heteroatoms. The van der Waals surface area contributed by atoms with Crippen molar-refractivity contribution in [3.8, 4) is 0 Å². The van der Waals surface area contributed by atoms with Crippen molar-refractivity contribution in [1.82, 2.24) is 15.3 Å². The molecule has 0 bridgehead atoms. The molecule has 4 nitrogen and oxygen atoms in total. The van der Waals surface area contributed by atoms with Crippen molar-refractivity contribution in [1.29, 1.82) is 0 Å². The Balaban J connectivity index is 1.68. The minimum Gasteiger partial charge on any atom is -0.353 e. The van der Waals surface area contributed by atoms with Gasteiger partial charge in [0.15, 0.2) is 0 Å². The molecule has 158 valence electrons. The molecule has 2 aromatic carbocycles. The molecule has 0 saturated carbocycles. The van der Waals surface area contributed by atoms with Crippen LogP contribution in [0.1, 0.15) is 31.7 Å². The number of aryl methyl sites for hydroxylation is 1. The van der Waals surface area contributed by atoms with Crippen molar-refractivity contribution in [2.75, 3.05) is 0 Å². The second-order valence-corrected chi connectivity index (χ2v) is 8.39. The van der Waals surface area contributed by atoms with Crippen molar-refractivity contribution in [2.45, 2.75) is 49.2 Å². The van der Waals surface area contributed by atoms with Crippen molar-refractivity contribution < 1.29 is 18.0 Å². The summed E-state index contributed by atoms with van der Waals surface area (Å²) in [6.45, 7) is 3.58. The zero-order valence-corrected chi connectivity index (χ0v) is 17.4. The molecule has 0 unspecified atom stereocenters. The largest absolute Gasteiger partial charge is 0.451 e. The van der Waals surface area contributed by atoms with E-state index in [2.05, 4.69) is 15.3 Å². The fourth-order valence-corrected chi connectivity index (χ4v) is 3.89. The molecule has 1 N–H and O–H groups in total. The van der Waals surface area contributed by atoms with Gasteiger partial charge < -0.3 is 5.32 Å². The highest BCUT2D eigenvalue weighted by atomic mass is 32.2. The Morgan fingerprint density at radius 1 is 1.03 bits per heavy atom. The van der Waals surface area contributed by atoms with Gasteiger partial charge in [-0.05, 0) is 38.3 Å². The van der Waals surface area contributed by atoms with E-state index in [0.29, 0.717) is 5.39 Å². The van der Waals surface area contributed by atoms with Gasteiger partial charge in [-0.25, -0.2) is 9.97 Å². The number of amides is 1. The van der Waals surface area contributed by atoms with Crippen LogP contribution in [0.5, 0.6) is 0 Å². The number of para-hydroxylation sites is 1. The monoisotopic (exact) mass is 433 g/mol. The zero-order valence-electron chi connectivity index (χ0n) is 16.6. The normalized spacial score (nSPS) is 13.8. The quantitative estimate of drug-likeness (QED) is 0.408. The lowest BCUT2D eigenvalue weighted by molar-refractivity contribution is -0.145. The third-order valence-corrected chi connectivity index (χ3v) is 5.68. The molecule has 0 saturated heterocycles. The summed E-state index contributed by atoms with van der Waals surface area (Å²) in [4.78, 5) is 19.9. The van der Waals surface area contributed by atoms with E-state index in [0.717, 1.165) is 24.6 Å².